The van der Waals surface area contributed by atoms with Crippen LogP contribution in [0.5, 0.6) is 0 Å². The minimum atomic E-state index is 0.757. The van der Waals surface area contributed by atoms with E-state index < -0.39 is 0 Å². The van der Waals surface area contributed by atoms with Crippen LogP contribution in [-0.4, -0.2) is 22.6 Å². The molecule has 1 aromatic heterocycles. The summed E-state index contributed by atoms with van der Waals surface area (Å²) >= 11 is 0. The van der Waals surface area contributed by atoms with Gasteiger partial charge < -0.3 is 10.3 Å². The SMILES string of the molecule is CC(C)C1CC(NCCc2ncc[nH]2)C1. The van der Waals surface area contributed by atoms with Crippen LogP contribution in [0.4, 0.5) is 0 Å². The van der Waals surface area contributed by atoms with Gasteiger partial charge in [-0.2, -0.15) is 0 Å². The molecule has 0 unspecified atom stereocenters. The maximum Gasteiger partial charge on any atom is 0.107 e. The third-order valence-electron chi connectivity index (χ3n) is 3.47. The fraction of sp³-hybridized carbons (Fsp3) is 0.750. The molecule has 2 N–H and O–H groups in total. The Kier molecular flexibility index (Phi) is 3.41. The molecule has 0 spiro atoms. The Labute approximate surface area is 91.7 Å². The zero-order chi connectivity index (χ0) is 10.7. The Morgan fingerprint density at radius 1 is 1.53 bits per heavy atom. The zero-order valence-electron chi connectivity index (χ0n) is 9.66. The number of nitrogens with zero attached hydrogens (tertiary/aromatic N) is 1. The van der Waals surface area contributed by atoms with E-state index >= 15 is 0 Å². The van der Waals surface area contributed by atoms with Gasteiger partial charge in [-0.15, -0.1) is 0 Å². The van der Waals surface area contributed by atoms with E-state index in [1.807, 2.05) is 12.4 Å². The largest absolute Gasteiger partial charge is 0.349 e. The fourth-order valence-electron chi connectivity index (χ4n) is 2.20. The molecule has 0 aliphatic heterocycles. The van der Waals surface area contributed by atoms with Crippen molar-refractivity contribution < 1.29 is 0 Å². The molecule has 0 aromatic carbocycles. The summed E-state index contributed by atoms with van der Waals surface area (Å²) in [5, 5.41) is 3.58. The lowest BCUT2D eigenvalue weighted by molar-refractivity contribution is 0.169. The number of imidazole rings is 1. The summed E-state index contributed by atoms with van der Waals surface area (Å²) in [5.41, 5.74) is 0. The molecular formula is C12H21N3. The number of nitrogens with one attached hydrogen (secondary N) is 2. The highest BCUT2D eigenvalue weighted by Gasteiger charge is 2.30. The van der Waals surface area contributed by atoms with Gasteiger partial charge in [0, 0.05) is 31.4 Å². The van der Waals surface area contributed by atoms with Crippen LogP contribution >= 0.6 is 0 Å². The molecule has 1 aliphatic rings. The maximum atomic E-state index is 4.20. The van der Waals surface area contributed by atoms with E-state index in [9.17, 15) is 0 Å². The minimum Gasteiger partial charge on any atom is -0.349 e. The highest BCUT2D eigenvalue weighted by Crippen LogP contribution is 2.33. The van der Waals surface area contributed by atoms with Crippen molar-refractivity contribution in [3.05, 3.63) is 18.2 Å². The molecular weight excluding hydrogens is 186 g/mol. The van der Waals surface area contributed by atoms with Crippen molar-refractivity contribution in [1.82, 2.24) is 15.3 Å². The number of H-pyrrole nitrogens is 1. The van der Waals surface area contributed by atoms with Gasteiger partial charge in [-0.05, 0) is 24.7 Å². The summed E-state index contributed by atoms with van der Waals surface area (Å²) in [5.74, 6) is 2.89. The molecule has 84 valence electrons. The molecule has 0 saturated heterocycles. The summed E-state index contributed by atoms with van der Waals surface area (Å²) in [6.07, 6.45) is 7.42. The molecule has 3 heteroatoms. The Bertz CT molecular complexity index is 273. The summed E-state index contributed by atoms with van der Waals surface area (Å²) in [6.45, 7) is 5.69. The van der Waals surface area contributed by atoms with Crippen LogP contribution in [0.2, 0.25) is 0 Å². The van der Waals surface area contributed by atoms with Gasteiger partial charge in [0.05, 0.1) is 0 Å². The van der Waals surface area contributed by atoms with Gasteiger partial charge in [-0.1, -0.05) is 13.8 Å². The molecule has 0 bridgehead atoms. The highest BCUT2D eigenvalue weighted by molar-refractivity contribution is 4.90. The standard InChI is InChI=1S/C12H21N3/c1-9(2)10-7-11(8-10)13-4-3-12-14-5-6-15-12/h5-6,9-11,13H,3-4,7-8H2,1-2H3,(H,14,15). The van der Waals surface area contributed by atoms with E-state index in [1.165, 1.54) is 12.8 Å². The molecule has 0 atom stereocenters. The Hall–Kier alpha value is -0.830. The van der Waals surface area contributed by atoms with E-state index in [0.29, 0.717) is 0 Å². The average Bonchev–Trinajstić information content (AvgIpc) is 2.60. The van der Waals surface area contributed by atoms with E-state index in [2.05, 4.69) is 29.1 Å². The number of hydrogen-bond donors (Lipinski definition) is 2. The molecule has 2 rings (SSSR count). The van der Waals surface area contributed by atoms with Crippen molar-refractivity contribution in [3.8, 4) is 0 Å². The molecule has 1 saturated carbocycles. The summed E-state index contributed by atoms with van der Waals surface area (Å²) < 4.78 is 0. The highest BCUT2D eigenvalue weighted by atomic mass is 14.9. The van der Waals surface area contributed by atoms with Gasteiger partial charge in [-0.3, -0.25) is 0 Å². The molecule has 1 aromatic rings. The molecule has 15 heavy (non-hydrogen) atoms. The van der Waals surface area contributed by atoms with Crippen molar-refractivity contribution in [3.63, 3.8) is 0 Å². The second-order valence-electron chi connectivity index (χ2n) is 4.91. The molecule has 1 fully saturated rings. The normalized spacial score (nSPS) is 25.5. The summed E-state index contributed by atoms with van der Waals surface area (Å²) in [7, 11) is 0. The topological polar surface area (TPSA) is 40.7 Å². The van der Waals surface area contributed by atoms with E-state index in [0.717, 1.165) is 36.7 Å². The van der Waals surface area contributed by atoms with Crippen molar-refractivity contribution in [1.29, 1.82) is 0 Å². The van der Waals surface area contributed by atoms with Crippen LogP contribution < -0.4 is 5.32 Å². The first-order valence-corrected chi connectivity index (χ1v) is 5.97. The van der Waals surface area contributed by atoms with Gasteiger partial charge in [0.1, 0.15) is 5.82 Å². The van der Waals surface area contributed by atoms with Crippen molar-refractivity contribution >= 4 is 0 Å². The quantitative estimate of drug-likeness (QED) is 0.775. The lowest BCUT2D eigenvalue weighted by atomic mass is 9.74. The maximum absolute atomic E-state index is 4.20. The Balaban J connectivity index is 1.57. The number of aromatic nitrogens is 2. The van der Waals surface area contributed by atoms with Gasteiger partial charge in [0.25, 0.3) is 0 Å². The third-order valence-corrected chi connectivity index (χ3v) is 3.47. The first-order chi connectivity index (χ1) is 7.25. The third kappa shape index (κ3) is 2.81. The zero-order valence-corrected chi connectivity index (χ0v) is 9.66. The predicted octanol–water partition coefficient (Wildman–Crippen LogP) is 1.98. The lowest BCUT2D eigenvalue weighted by Crippen LogP contribution is -2.43. The predicted molar refractivity (Wildman–Crippen MR) is 61.6 cm³/mol. The summed E-state index contributed by atoms with van der Waals surface area (Å²) in [6, 6.07) is 0.757. The molecule has 3 nitrogen and oxygen atoms in total. The smallest absolute Gasteiger partial charge is 0.107 e. The average molecular weight is 207 g/mol. The van der Waals surface area contributed by atoms with Gasteiger partial charge in [0.2, 0.25) is 0 Å². The summed E-state index contributed by atoms with van der Waals surface area (Å²) in [4.78, 5) is 7.33. The Morgan fingerprint density at radius 2 is 2.33 bits per heavy atom. The van der Waals surface area contributed by atoms with E-state index in [4.69, 9.17) is 0 Å². The number of hydrogen-bond acceptors (Lipinski definition) is 2. The second-order valence-corrected chi connectivity index (χ2v) is 4.91. The molecule has 0 amide bonds. The van der Waals surface area contributed by atoms with Crippen LogP contribution in [0.25, 0.3) is 0 Å². The van der Waals surface area contributed by atoms with Gasteiger partial charge in [-0.25, -0.2) is 4.98 Å². The van der Waals surface area contributed by atoms with Crippen LogP contribution in [-0.2, 0) is 6.42 Å². The number of aromatic amines is 1. The monoisotopic (exact) mass is 207 g/mol. The van der Waals surface area contributed by atoms with E-state index in [-0.39, 0.29) is 0 Å². The first-order valence-electron chi connectivity index (χ1n) is 5.97. The fourth-order valence-corrected chi connectivity index (χ4v) is 2.20. The van der Waals surface area contributed by atoms with E-state index in [1.54, 1.807) is 0 Å². The van der Waals surface area contributed by atoms with Crippen molar-refractivity contribution in [2.75, 3.05) is 6.54 Å². The molecule has 1 heterocycles. The van der Waals surface area contributed by atoms with Crippen LogP contribution in [0.3, 0.4) is 0 Å². The minimum absolute atomic E-state index is 0.757. The lowest BCUT2D eigenvalue weighted by Gasteiger charge is -2.38. The van der Waals surface area contributed by atoms with Gasteiger partial charge >= 0.3 is 0 Å². The second kappa shape index (κ2) is 4.79. The number of rotatable bonds is 5. The van der Waals surface area contributed by atoms with Crippen molar-refractivity contribution in [2.45, 2.75) is 39.2 Å². The van der Waals surface area contributed by atoms with Crippen LogP contribution in [0.15, 0.2) is 12.4 Å². The first kappa shape index (κ1) is 10.7. The van der Waals surface area contributed by atoms with Gasteiger partial charge in [0.15, 0.2) is 0 Å². The van der Waals surface area contributed by atoms with Crippen molar-refractivity contribution in [2.24, 2.45) is 11.8 Å². The van der Waals surface area contributed by atoms with Crippen LogP contribution in [0.1, 0.15) is 32.5 Å². The molecule has 0 radical (unpaired) electrons. The Morgan fingerprint density at radius 3 is 2.93 bits per heavy atom. The van der Waals surface area contributed by atoms with Crippen LogP contribution in [0, 0.1) is 11.8 Å². The molecule has 1 aliphatic carbocycles.